The van der Waals surface area contributed by atoms with Crippen molar-refractivity contribution in [3.8, 4) is 11.5 Å². The second-order valence-electron chi connectivity index (χ2n) is 6.23. The van der Waals surface area contributed by atoms with Crippen molar-refractivity contribution >= 4 is 27.3 Å². The lowest BCUT2D eigenvalue weighted by atomic mass is 10.2. The van der Waals surface area contributed by atoms with Crippen molar-refractivity contribution in [2.24, 2.45) is 0 Å². The third-order valence-corrected chi connectivity index (χ3v) is 4.96. The van der Waals surface area contributed by atoms with Crippen LogP contribution in [0.15, 0.2) is 53.4 Å². The molecule has 156 valence electrons. The van der Waals surface area contributed by atoms with Crippen molar-refractivity contribution in [1.82, 2.24) is 5.32 Å². The number of hydrogen-bond acceptors (Lipinski definition) is 6. The van der Waals surface area contributed by atoms with Crippen LogP contribution >= 0.6 is 0 Å². The Morgan fingerprint density at radius 2 is 1.69 bits per heavy atom. The zero-order valence-electron chi connectivity index (χ0n) is 16.3. The van der Waals surface area contributed by atoms with E-state index in [1.807, 2.05) is 0 Å². The predicted octanol–water partition coefficient (Wildman–Crippen LogP) is 2.01. The predicted molar refractivity (Wildman–Crippen MR) is 109 cm³/mol. The molecule has 0 atom stereocenters. The van der Waals surface area contributed by atoms with E-state index in [9.17, 15) is 18.0 Å². The van der Waals surface area contributed by atoms with Crippen molar-refractivity contribution in [2.45, 2.75) is 17.7 Å². The molecule has 2 amide bonds. The highest BCUT2D eigenvalue weighted by molar-refractivity contribution is 7.90. The fourth-order valence-electron chi connectivity index (χ4n) is 2.31. The fourth-order valence-corrected chi connectivity index (χ4v) is 2.94. The number of nitrogens with one attached hydrogen (secondary N) is 2. The highest BCUT2D eigenvalue weighted by atomic mass is 32.2. The molecule has 0 aliphatic heterocycles. The Labute approximate surface area is 170 Å². The van der Waals surface area contributed by atoms with Crippen LogP contribution in [0.1, 0.15) is 12.8 Å². The number of carbonyl (C=O) groups is 2. The maximum Gasteiger partial charge on any atom is 0.257 e. The average Bonchev–Trinajstić information content (AvgIpc) is 2.69. The summed E-state index contributed by atoms with van der Waals surface area (Å²) < 4.78 is 33.7. The van der Waals surface area contributed by atoms with Crippen LogP contribution in [-0.4, -0.2) is 46.7 Å². The van der Waals surface area contributed by atoms with Gasteiger partial charge in [0.1, 0.15) is 11.5 Å². The minimum Gasteiger partial charge on any atom is -0.494 e. The number of benzene rings is 2. The van der Waals surface area contributed by atoms with Gasteiger partial charge in [0.15, 0.2) is 16.4 Å². The Morgan fingerprint density at radius 3 is 2.34 bits per heavy atom. The summed E-state index contributed by atoms with van der Waals surface area (Å²) in [7, 11) is -1.71. The molecule has 0 aliphatic rings. The zero-order chi connectivity index (χ0) is 21.3. The number of likely N-dealkylation sites (N-methyl/N-ethyl adjacent to an activating group) is 1. The van der Waals surface area contributed by atoms with Crippen LogP contribution < -0.4 is 20.1 Å². The Bertz CT molecular complexity index is 942. The monoisotopic (exact) mass is 420 g/mol. The summed E-state index contributed by atoms with van der Waals surface area (Å²) in [6.07, 6.45) is 1.89. The van der Waals surface area contributed by atoms with Crippen LogP contribution in [0.3, 0.4) is 0 Å². The molecule has 0 bridgehead atoms. The second kappa shape index (κ2) is 10.5. The van der Waals surface area contributed by atoms with Gasteiger partial charge in [-0.15, -0.1) is 0 Å². The standard InChI is InChI=1S/C20H24N2O6S/c1-21-20(24)14-28-17-6-3-5-15(13-17)22-19(23)7-4-12-27-16-8-10-18(11-9-16)29(2,25)26/h3,5-6,8-11,13H,4,7,12,14H2,1-2H3,(H,21,24)(H,22,23). The van der Waals surface area contributed by atoms with Gasteiger partial charge in [-0.05, 0) is 42.8 Å². The topological polar surface area (TPSA) is 111 Å². The van der Waals surface area contributed by atoms with Gasteiger partial charge in [-0.1, -0.05) is 6.07 Å². The van der Waals surface area contributed by atoms with Gasteiger partial charge in [0, 0.05) is 31.5 Å². The largest absolute Gasteiger partial charge is 0.494 e. The van der Waals surface area contributed by atoms with E-state index in [1.54, 1.807) is 36.4 Å². The van der Waals surface area contributed by atoms with Crippen molar-refractivity contribution in [2.75, 3.05) is 31.8 Å². The maximum atomic E-state index is 12.1. The number of rotatable bonds is 10. The molecule has 0 aliphatic carbocycles. The molecule has 2 aromatic carbocycles. The van der Waals surface area contributed by atoms with Gasteiger partial charge in [0.05, 0.1) is 11.5 Å². The van der Waals surface area contributed by atoms with Crippen molar-refractivity contribution in [3.05, 3.63) is 48.5 Å². The lowest BCUT2D eigenvalue weighted by Crippen LogP contribution is -2.24. The van der Waals surface area contributed by atoms with Gasteiger partial charge in [0.2, 0.25) is 5.91 Å². The molecule has 8 nitrogen and oxygen atoms in total. The van der Waals surface area contributed by atoms with E-state index >= 15 is 0 Å². The summed E-state index contributed by atoms with van der Waals surface area (Å²) in [6.45, 7) is 0.220. The van der Waals surface area contributed by atoms with Crippen molar-refractivity contribution in [1.29, 1.82) is 0 Å². The van der Waals surface area contributed by atoms with Crippen LogP contribution in [0.5, 0.6) is 11.5 Å². The van der Waals surface area contributed by atoms with Gasteiger partial charge >= 0.3 is 0 Å². The van der Waals surface area contributed by atoms with Crippen LogP contribution in [0, 0.1) is 0 Å². The van der Waals surface area contributed by atoms with Gasteiger partial charge in [0.25, 0.3) is 5.91 Å². The number of carbonyl (C=O) groups excluding carboxylic acids is 2. The van der Waals surface area contributed by atoms with E-state index in [-0.39, 0.29) is 29.7 Å². The van der Waals surface area contributed by atoms with Crippen molar-refractivity contribution < 1.29 is 27.5 Å². The molecule has 0 aromatic heterocycles. The van der Waals surface area contributed by atoms with E-state index in [0.717, 1.165) is 6.26 Å². The number of ether oxygens (including phenoxy) is 2. The van der Waals surface area contributed by atoms with Gasteiger partial charge in [-0.2, -0.15) is 0 Å². The zero-order valence-corrected chi connectivity index (χ0v) is 17.1. The highest BCUT2D eigenvalue weighted by Gasteiger charge is 2.07. The van der Waals surface area contributed by atoms with Crippen LogP contribution in [-0.2, 0) is 19.4 Å². The molecule has 29 heavy (non-hydrogen) atoms. The third-order valence-electron chi connectivity index (χ3n) is 3.84. The molecule has 0 heterocycles. The second-order valence-corrected chi connectivity index (χ2v) is 8.25. The van der Waals surface area contributed by atoms with Crippen LogP contribution in [0.4, 0.5) is 5.69 Å². The van der Waals surface area contributed by atoms with Crippen LogP contribution in [0.2, 0.25) is 0 Å². The van der Waals surface area contributed by atoms with E-state index in [2.05, 4.69) is 10.6 Å². The van der Waals surface area contributed by atoms with E-state index in [4.69, 9.17) is 9.47 Å². The Morgan fingerprint density at radius 1 is 0.966 bits per heavy atom. The molecule has 0 saturated carbocycles. The summed E-state index contributed by atoms with van der Waals surface area (Å²) in [5.41, 5.74) is 0.571. The smallest absolute Gasteiger partial charge is 0.257 e. The molecular formula is C20H24N2O6S. The first kappa shape index (κ1) is 22.2. The van der Waals surface area contributed by atoms with Crippen LogP contribution in [0.25, 0.3) is 0 Å². The summed E-state index contributed by atoms with van der Waals surface area (Å²) in [4.78, 5) is 23.5. The number of hydrogen-bond donors (Lipinski definition) is 2. The third kappa shape index (κ3) is 7.82. The molecule has 0 radical (unpaired) electrons. The van der Waals surface area contributed by atoms with E-state index in [1.165, 1.54) is 19.2 Å². The Balaban J connectivity index is 1.74. The molecular weight excluding hydrogens is 396 g/mol. The SMILES string of the molecule is CNC(=O)COc1cccc(NC(=O)CCCOc2ccc(S(C)(=O)=O)cc2)c1. The van der Waals surface area contributed by atoms with Crippen molar-refractivity contribution in [3.63, 3.8) is 0 Å². The fraction of sp³-hybridized carbons (Fsp3) is 0.300. The number of sulfone groups is 1. The molecule has 0 unspecified atom stereocenters. The molecule has 2 N–H and O–H groups in total. The van der Waals surface area contributed by atoms with Gasteiger partial charge < -0.3 is 20.1 Å². The summed E-state index contributed by atoms with van der Waals surface area (Å²) in [6, 6.07) is 12.9. The normalized spacial score (nSPS) is 10.8. The minimum atomic E-state index is -3.24. The minimum absolute atomic E-state index is 0.101. The van der Waals surface area contributed by atoms with E-state index in [0.29, 0.717) is 30.2 Å². The first-order valence-electron chi connectivity index (χ1n) is 8.94. The molecule has 0 fully saturated rings. The molecule has 2 aromatic rings. The number of anilines is 1. The van der Waals surface area contributed by atoms with Gasteiger partial charge in [-0.3, -0.25) is 9.59 Å². The highest BCUT2D eigenvalue weighted by Crippen LogP contribution is 2.18. The average molecular weight is 420 g/mol. The molecule has 0 spiro atoms. The quantitative estimate of drug-likeness (QED) is 0.569. The first-order chi connectivity index (χ1) is 13.8. The summed E-state index contributed by atoms with van der Waals surface area (Å²) >= 11 is 0. The Hall–Kier alpha value is -3.07. The lowest BCUT2D eigenvalue weighted by molar-refractivity contribution is -0.122. The van der Waals surface area contributed by atoms with Gasteiger partial charge in [-0.25, -0.2) is 8.42 Å². The summed E-state index contributed by atoms with van der Waals surface area (Å²) in [5.74, 6) is 0.598. The molecule has 9 heteroatoms. The maximum absolute atomic E-state index is 12.1. The number of amides is 2. The first-order valence-corrected chi connectivity index (χ1v) is 10.8. The molecule has 2 rings (SSSR count). The van der Waals surface area contributed by atoms with E-state index < -0.39 is 9.84 Å². The molecule has 0 saturated heterocycles. The lowest BCUT2D eigenvalue weighted by Gasteiger charge is -2.09. The Kier molecular flexibility index (Phi) is 8.02. The summed E-state index contributed by atoms with van der Waals surface area (Å²) in [5, 5.41) is 5.22.